The van der Waals surface area contributed by atoms with Crippen molar-refractivity contribution in [3.8, 4) is 11.5 Å². The number of anilines is 1. The molecule has 0 radical (unpaired) electrons. The van der Waals surface area contributed by atoms with E-state index < -0.39 is 0 Å². The maximum absolute atomic E-state index is 12.3. The van der Waals surface area contributed by atoms with Crippen LogP contribution in [0.2, 0.25) is 0 Å². The number of amides is 1. The van der Waals surface area contributed by atoms with Crippen molar-refractivity contribution < 1.29 is 14.3 Å². The zero-order valence-electron chi connectivity index (χ0n) is 12.6. The summed E-state index contributed by atoms with van der Waals surface area (Å²) < 4.78 is 10.7. The number of carbonyl (C=O) groups excluding carboxylic acids is 1. The van der Waals surface area contributed by atoms with Crippen LogP contribution in [0.15, 0.2) is 18.2 Å². The molecule has 2 rings (SSSR count). The molecule has 6 nitrogen and oxygen atoms in total. The number of hydrogen-bond donors (Lipinski definition) is 2. The quantitative estimate of drug-likeness (QED) is 0.887. The van der Waals surface area contributed by atoms with Gasteiger partial charge in [0.15, 0.2) is 17.3 Å². The minimum absolute atomic E-state index is 0.242. The molecule has 0 aliphatic rings. The Labute approximate surface area is 123 Å². The number of benzene rings is 1. The molecule has 0 bridgehead atoms. The lowest BCUT2D eigenvalue weighted by molar-refractivity contribution is 0.102. The number of nitrogens with zero attached hydrogens (tertiary/aromatic N) is 1. The summed E-state index contributed by atoms with van der Waals surface area (Å²) >= 11 is 0. The number of ether oxygens (including phenoxy) is 2. The maximum Gasteiger partial charge on any atom is 0.257 e. The molecule has 0 aliphatic heterocycles. The summed E-state index contributed by atoms with van der Waals surface area (Å²) in [5.74, 6) is 1.43. The van der Waals surface area contributed by atoms with Crippen LogP contribution in [0.1, 0.15) is 28.5 Å². The molecule has 0 fully saturated rings. The van der Waals surface area contributed by atoms with Crippen LogP contribution >= 0.6 is 0 Å². The first-order chi connectivity index (χ1) is 10.1. The first-order valence-corrected chi connectivity index (χ1v) is 6.70. The van der Waals surface area contributed by atoms with Gasteiger partial charge in [-0.15, -0.1) is 0 Å². The Hall–Kier alpha value is -2.50. The molecule has 0 atom stereocenters. The van der Waals surface area contributed by atoms with Gasteiger partial charge in [0, 0.05) is 16.8 Å². The van der Waals surface area contributed by atoms with Gasteiger partial charge in [0.1, 0.15) is 0 Å². The number of H-pyrrole nitrogens is 1. The summed E-state index contributed by atoms with van der Waals surface area (Å²) in [6.07, 6.45) is 0. The Kier molecular flexibility index (Phi) is 4.47. The van der Waals surface area contributed by atoms with Gasteiger partial charge in [-0.1, -0.05) is 0 Å². The first-order valence-electron chi connectivity index (χ1n) is 6.70. The molecular formula is C15H19N3O3. The SMILES string of the molecule is CCOc1cc(C(=O)Nc2n[nH]c(C)c2C)ccc1OC. The third-order valence-electron chi connectivity index (χ3n) is 3.21. The Morgan fingerprint density at radius 1 is 1.33 bits per heavy atom. The van der Waals surface area contributed by atoms with Crippen molar-refractivity contribution in [3.05, 3.63) is 35.0 Å². The standard InChI is InChI=1S/C15H19N3O3/c1-5-21-13-8-11(6-7-12(13)20-4)15(19)16-14-9(2)10(3)17-18-14/h6-8H,5H2,1-4H3,(H2,16,17,18,19). The Bertz CT molecular complexity index is 650. The molecule has 0 spiro atoms. The van der Waals surface area contributed by atoms with Gasteiger partial charge in [-0.25, -0.2) is 0 Å². The van der Waals surface area contributed by atoms with E-state index in [9.17, 15) is 4.79 Å². The van der Waals surface area contributed by atoms with Gasteiger partial charge < -0.3 is 14.8 Å². The summed E-state index contributed by atoms with van der Waals surface area (Å²) in [6, 6.07) is 5.06. The van der Waals surface area contributed by atoms with Crippen LogP contribution in [-0.4, -0.2) is 29.8 Å². The minimum Gasteiger partial charge on any atom is -0.493 e. The van der Waals surface area contributed by atoms with Crippen LogP contribution in [0.25, 0.3) is 0 Å². The largest absolute Gasteiger partial charge is 0.493 e. The van der Waals surface area contributed by atoms with Gasteiger partial charge in [-0.2, -0.15) is 5.10 Å². The molecule has 1 heterocycles. The van der Waals surface area contributed by atoms with E-state index in [2.05, 4.69) is 15.5 Å². The van der Waals surface area contributed by atoms with Gasteiger partial charge in [0.05, 0.1) is 13.7 Å². The van der Waals surface area contributed by atoms with Crippen molar-refractivity contribution in [2.75, 3.05) is 19.0 Å². The van der Waals surface area contributed by atoms with Crippen LogP contribution in [0.3, 0.4) is 0 Å². The third kappa shape index (κ3) is 3.16. The summed E-state index contributed by atoms with van der Waals surface area (Å²) in [5, 5.41) is 9.67. The molecule has 0 aliphatic carbocycles. The molecule has 21 heavy (non-hydrogen) atoms. The number of aromatic amines is 1. The lowest BCUT2D eigenvalue weighted by Gasteiger charge is -2.11. The summed E-state index contributed by atoms with van der Waals surface area (Å²) in [4.78, 5) is 12.3. The first kappa shape index (κ1) is 14.9. The number of hydrogen-bond acceptors (Lipinski definition) is 4. The van der Waals surface area contributed by atoms with E-state index in [0.717, 1.165) is 11.3 Å². The van der Waals surface area contributed by atoms with E-state index in [1.165, 1.54) is 0 Å². The van der Waals surface area contributed by atoms with E-state index in [1.807, 2.05) is 20.8 Å². The third-order valence-corrected chi connectivity index (χ3v) is 3.21. The number of carbonyl (C=O) groups is 1. The van der Waals surface area contributed by atoms with Gasteiger partial charge >= 0.3 is 0 Å². The fraction of sp³-hybridized carbons (Fsp3) is 0.333. The maximum atomic E-state index is 12.3. The molecule has 2 aromatic rings. The summed E-state index contributed by atoms with van der Waals surface area (Å²) in [6.45, 7) is 6.17. The van der Waals surface area contributed by atoms with Gasteiger partial charge in [0.2, 0.25) is 0 Å². The van der Waals surface area contributed by atoms with Crippen molar-refractivity contribution in [1.29, 1.82) is 0 Å². The molecular weight excluding hydrogens is 270 g/mol. The second-order valence-corrected chi connectivity index (χ2v) is 4.57. The van der Waals surface area contributed by atoms with E-state index in [1.54, 1.807) is 25.3 Å². The average Bonchev–Trinajstić information content (AvgIpc) is 2.79. The predicted octanol–water partition coefficient (Wildman–Crippen LogP) is 2.69. The molecule has 6 heteroatoms. The predicted molar refractivity (Wildman–Crippen MR) is 80.2 cm³/mol. The monoisotopic (exact) mass is 289 g/mol. The highest BCUT2D eigenvalue weighted by atomic mass is 16.5. The zero-order chi connectivity index (χ0) is 15.4. The highest BCUT2D eigenvalue weighted by Gasteiger charge is 2.14. The molecule has 1 aromatic heterocycles. The van der Waals surface area contributed by atoms with Gasteiger partial charge in [0.25, 0.3) is 5.91 Å². The Morgan fingerprint density at radius 2 is 2.10 bits per heavy atom. The summed E-state index contributed by atoms with van der Waals surface area (Å²) in [5.41, 5.74) is 2.33. The number of aromatic nitrogens is 2. The number of aryl methyl sites for hydroxylation is 1. The van der Waals surface area contributed by atoms with Crippen LogP contribution in [0, 0.1) is 13.8 Å². The highest BCUT2D eigenvalue weighted by molar-refractivity contribution is 6.04. The van der Waals surface area contributed by atoms with Crippen molar-refractivity contribution in [1.82, 2.24) is 10.2 Å². The fourth-order valence-electron chi connectivity index (χ4n) is 1.87. The molecule has 112 valence electrons. The van der Waals surface area contributed by atoms with Gasteiger partial charge in [-0.3, -0.25) is 9.89 Å². The fourth-order valence-corrected chi connectivity index (χ4v) is 1.87. The number of rotatable bonds is 5. The molecule has 0 unspecified atom stereocenters. The lowest BCUT2D eigenvalue weighted by atomic mass is 10.2. The van der Waals surface area contributed by atoms with Crippen molar-refractivity contribution in [2.24, 2.45) is 0 Å². The van der Waals surface area contributed by atoms with E-state index in [4.69, 9.17) is 9.47 Å². The number of methoxy groups -OCH3 is 1. The van der Waals surface area contributed by atoms with E-state index in [-0.39, 0.29) is 5.91 Å². The van der Waals surface area contributed by atoms with E-state index in [0.29, 0.717) is 29.5 Å². The topological polar surface area (TPSA) is 76.2 Å². The molecule has 0 saturated heterocycles. The second kappa shape index (κ2) is 6.30. The normalized spacial score (nSPS) is 10.3. The van der Waals surface area contributed by atoms with Crippen molar-refractivity contribution >= 4 is 11.7 Å². The van der Waals surface area contributed by atoms with Crippen molar-refractivity contribution in [2.45, 2.75) is 20.8 Å². The molecule has 0 saturated carbocycles. The zero-order valence-corrected chi connectivity index (χ0v) is 12.6. The van der Waals surface area contributed by atoms with Crippen LogP contribution < -0.4 is 14.8 Å². The lowest BCUT2D eigenvalue weighted by Crippen LogP contribution is -2.13. The Balaban J connectivity index is 2.23. The smallest absolute Gasteiger partial charge is 0.257 e. The highest BCUT2D eigenvalue weighted by Crippen LogP contribution is 2.28. The minimum atomic E-state index is -0.242. The average molecular weight is 289 g/mol. The molecule has 1 amide bonds. The van der Waals surface area contributed by atoms with Crippen LogP contribution in [0.4, 0.5) is 5.82 Å². The molecule has 1 aromatic carbocycles. The Morgan fingerprint density at radius 3 is 2.67 bits per heavy atom. The van der Waals surface area contributed by atoms with Crippen LogP contribution in [0.5, 0.6) is 11.5 Å². The van der Waals surface area contributed by atoms with Crippen molar-refractivity contribution in [3.63, 3.8) is 0 Å². The van der Waals surface area contributed by atoms with Crippen LogP contribution in [-0.2, 0) is 0 Å². The summed E-state index contributed by atoms with van der Waals surface area (Å²) in [7, 11) is 1.56. The second-order valence-electron chi connectivity index (χ2n) is 4.57. The van der Waals surface area contributed by atoms with E-state index >= 15 is 0 Å². The van der Waals surface area contributed by atoms with Gasteiger partial charge in [-0.05, 0) is 39.0 Å². The number of nitrogens with one attached hydrogen (secondary N) is 2. The molecule has 2 N–H and O–H groups in total.